The summed E-state index contributed by atoms with van der Waals surface area (Å²) >= 11 is 0. The molecular weight excluding hydrogens is 294 g/mol. The number of carbonyl (C=O) groups is 2. The molecule has 0 saturated heterocycles. The summed E-state index contributed by atoms with van der Waals surface area (Å²) in [5.74, 6) is -1.59. The summed E-state index contributed by atoms with van der Waals surface area (Å²) in [6.07, 6.45) is -3.49. The predicted octanol–water partition coefficient (Wildman–Crippen LogP) is 2.88. The number of hydrogen-bond donors (Lipinski definition) is 0. The van der Waals surface area contributed by atoms with E-state index in [0.29, 0.717) is 11.3 Å². The molecule has 1 aromatic rings. The molecular formula is C16H18F2O4. The molecule has 0 fully saturated rings. The van der Waals surface area contributed by atoms with E-state index in [-0.39, 0.29) is 24.5 Å². The Morgan fingerprint density at radius 3 is 2.59 bits per heavy atom. The molecule has 1 aromatic carbocycles. The molecule has 1 unspecified atom stereocenters. The van der Waals surface area contributed by atoms with Crippen molar-refractivity contribution in [3.63, 3.8) is 0 Å². The van der Waals surface area contributed by atoms with Gasteiger partial charge in [-0.25, -0.2) is 8.78 Å². The second-order valence-corrected chi connectivity index (χ2v) is 5.79. The zero-order chi connectivity index (χ0) is 16.5. The minimum absolute atomic E-state index is 0.000248. The number of ether oxygens (including phenoxy) is 2. The van der Waals surface area contributed by atoms with Crippen LogP contribution in [0.2, 0.25) is 0 Å². The van der Waals surface area contributed by atoms with E-state index < -0.39 is 23.6 Å². The van der Waals surface area contributed by atoms with Gasteiger partial charge in [0.15, 0.2) is 11.2 Å². The Morgan fingerprint density at radius 1 is 1.36 bits per heavy atom. The van der Waals surface area contributed by atoms with Gasteiger partial charge < -0.3 is 9.47 Å². The number of ketones is 1. The Balaban J connectivity index is 2.38. The minimum Gasteiger partial charge on any atom is -0.497 e. The molecule has 2 rings (SSSR count). The molecule has 22 heavy (non-hydrogen) atoms. The smallest absolute Gasteiger partial charge is 0.326 e. The van der Waals surface area contributed by atoms with E-state index in [4.69, 9.17) is 9.47 Å². The lowest BCUT2D eigenvalue weighted by Crippen LogP contribution is -2.45. The van der Waals surface area contributed by atoms with Gasteiger partial charge >= 0.3 is 5.97 Å². The fourth-order valence-electron chi connectivity index (χ4n) is 2.49. The fourth-order valence-corrected chi connectivity index (χ4v) is 2.49. The summed E-state index contributed by atoms with van der Waals surface area (Å²) in [5.41, 5.74) is -1.93. The number of fused-ring (bicyclic) bond motifs is 1. The Kier molecular flexibility index (Phi) is 4.49. The highest BCUT2D eigenvalue weighted by atomic mass is 19.3. The van der Waals surface area contributed by atoms with E-state index in [1.807, 2.05) is 0 Å². The molecule has 0 bridgehead atoms. The predicted molar refractivity (Wildman–Crippen MR) is 75.3 cm³/mol. The van der Waals surface area contributed by atoms with Gasteiger partial charge in [0.25, 0.3) is 6.43 Å². The standard InChI is InChI=1S/C16H18F2O4/c1-9(2)8-22-15(20)16(14(17)18)7-10-6-11(21-3)4-5-12(10)13(16)19/h4-6,9,14H,7-8H2,1-3H3. The van der Waals surface area contributed by atoms with Crippen LogP contribution in [0.15, 0.2) is 18.2 Å². The van der Waals surface area contributed by atoms with Gasteiger partial charge in [-0.2, -0.15) is 0 Å². The van der Waals surface area contributed by atoms with Crippen LogP contribution in [-0.2, 0) is 16.0 Å². The van der Waals surface area contributed by atoms with E-state index in [1.165, 1.54) is 25.3 Å². The largest absolute Gasteiger partial charge is 0.497 e. The molecule has 0 aromatic heterocycles. The maximum absolute atomic E-state index is 13.6. The molecule has 1 atom stereocenters. The minimum atomic E-state index is -3.13. The van der Waals surface area contributed by atoms with E-state index in [0.717, 1.165) is 0 Å². The molecule has 0 amide bonds. The molecule has 1 aliphatic rings. The van der Waals surface area contributed by atoms with Crippen molar-refractivity contribution in [3.8, 4) is 5.75 Å². The average Bonchev–Trinajstić information content (AvgIpc) is 2.78. The van der Waals surface area contributed by atoms with Crippen molar-refractivity contribution in [1.29, 1.82) is 0 Å². The summed E-state index contributed by atoms with van der Waals surface area (Å²) < 4.78 is 37.2. The molecule has 4 nitrogen and oxygen atoms in total. The normalized spacial score (nSPS) is 20.4. The fraction of sp³-hybridized carbons (Fsp3) is 0.500. The number of methoxy groups -OCH3 is 1. The molecule has 1 aliphatic carbocycles. The topological polar surface area (TPSA) is 52.6 Å². The Bertz CT molecular complexity index is 598. The van der Waals surface area contributed by atoms with Gasteiger partial charge in [0, 0.05) is 12.0 Å². The third kappa shape index (κ3) is 2.58. The van der Waals surface area contributed by atoms with Gasteiger partial charge in [0.2, 0.25) is 0 Å². The number of alkyl halides is 2. The van der Waals surface area contributed by atoms with Crippen LogP contribution in [-0.4, -0.2) is 31.9 Å². The molecule has 0 aliphatic heterocycles. The number of esters is 1. The zero-order valence-electron chi connectivity index (χ0n) is 12.7. The summed E-state index contributed by atoms with van der Waals surface area (Å²) in [7, 11) is 1.44. The Morgan fingerprint density at radius 2 is 2.05 bits per heavy atom. The number of benzene rings is 1. The highest BCUT2D eigenvalue weighted by Gasteiger charge is 2.59. The lowest BCUT2D eigenvalue weighted by atomic mass is 9.84. The maximum Gasteiger partial charge on any atom is 0.326 e. The third-order valence-corrected chi connectivity index (χ3v) is 3.72. The van der Waals surface area contributed by atoms with E-state index in [9.17, 15) is 18.4 Å². The number of rotatable bonds is 5. The quantitative estimate of drug-likeness (QED) is 0.620. The first-order valence-corrected chi connectivity index (χ1v) is 7.00. The first-order valence-electron chi connectivity index (χ1n) is 7.00. The molecule has 0 radical (unpaired) electrons. The van der Waals surface area contributed by atoms with Crippen LogP contribution in [0.3, 0.4) is 0 Å². The molecule has 6 heteroatoms. The number of carbonyl (C=O) groups excluding carboxylic acids is 2. The monoisotopic (exact) mass is 312 g/mol. The van der Waals surface area contributed by atoms with Crippen LogP contribution in [0, 0.1) is 11.3 Å². The molecule has 0 N–H and O–H groups in total. The first kappa shape index (κ1) is 16.4. The highest BCUT2D eigenvalue weighted by Crippen LogP contribution is 2.43. The van der Waals surface area contributed by atoms with Crippen molar-refractivity contribution in [2.45, 2.75) is 26.7 Å². The lowest BCUT2D eigenvalue weighted by molar-refractivity contribution is -0.161. The summed E-state index contributed by atoms with van der Waals surface area (Å²) in [5, 5.41) is 0. The summed E-state index contributed by atoms with van der Waals surface area (Å²) in [4.78, 5) is 24.6. The Hall–Kier alpha value is -1.98. The maximum atomic E-state index is 13.6. The van der Waals surface area contributed by atoms with Gasteiger partial charge in [-0.1, -0.05) is 13.8 Å². The second kappa shape index (κ2) is 6.02. The van der Waals surface area contributed by atoms with E-state index in [1.54, 1.807) is 13.8 Å². The molecule has 0 spiro atoms. The number of hydrogen-bond acceptors (Lipinski definition) is 4. The van der Waals surface area contributed by atoms with E-state index in [2.05, 4.69) is 0 Å². The third-order valence-electron chi connectivity index (χ3n) is 3.72. The summed E-state index contributed by atoms with van der Waals surface area (Å²) in [6, 6.07) is 4.43. The lowest BCUT2D eigenvalue weighted by Gasteiger charge is -2.24. The van der Waals surface area contributed by atoms with Crippen molar-refractivity contribution in [3.05, 3.63) is 29.3 Å². The number of halogens is 2. The van der Waals surface area contributed by atoms with Gasteiger partial charge in [-0.05, 0) is 29.7 Å². The van der Waals surface area contributed by atoms with Gasteiger partial charge in [0.1, 0.15) is 5.75 Å². The summed E-state index contributed by atoms with van der Waals surface area (Å²) in [6.45, 7) is 3.58. The van der Waals surface area contributed by atoms with Crippen LogP contribution in [0.25, 0.3) is 0 Å². The van der Waals surface area contributed by atoms with Crippen molar-refractivity contribution in [2.24, 2.45) is 11.3 Å². The zero-order valence-corrected chi connectivity index (χ0v) is 12.7. The van der Waals surface area contributed by atoms with Crippen molar-refractivity contribution in [1.82, 2.24) is 0 Å². The van der Waals surface area contributed by atoms with Crippen LogP contribution in [0.1, 0.15) is 29.8 Å². The van der Waals surface area contributed by atoms with Crippen LogP contribution in [0.4, 0.5) is 8.78 Å². The van der Waals surface area contributed by atoms with Gasteiger partial charge in [-0.15, -0.1) is 0 Å². The van der Waals surface area contributed by atoms with Crippen molar-refractivity contribution >= 4 is 11.8 Å². The van der Waals surface area contributed by atoms with Crippen LogP contribution in [0.5, 0.6) is 5.75 Å². The van der Waals surface area contributed by atoms with Gasteiger partial charge in [-0.3, -0.25) is 9.59 Å². The second-order valence-electron chi connectivity index (χ2n) is 5.79. The van der Waals surface area contributed by atoms with Gasteiger partial charge in [0.05, 0.1) is 13.7 Å². The van der Waals surface area contributed by atoms with Crippen LogP contribution >= 0.6 is 0 Å². The van der Waals surface area contributed by atoms with Crippen molar-refractivity contribution < 1.29 is 27.8 Å². The van der Waals surface area contributed by atoms with Crippen LogP contribution < -0.4 is 4.74 Å². The SMILES string of the molecule is COc1ccc2c(c1)CC(C(=O)OCC(C)C)(C(F)F)C2=O. The highest BCUT2D eigenvalue weighted by molar-refractivity contribution is 6.16. The van der Waals surface area contributed by atoms with E-state index >= 15 is 0 Å². The number of Topliss-reactive ketones (excluding diaryl/α,β-unsaturated/α-hetero) is 1. The molecule has 120 valence electrons. The first-order chi connectivity index (χ1) is 10.3. The average molecular weight is 312 g/mol. The molecule has 0 saturated carbocycles. The van der Waals surface area contributed by atoms with Crippen molar-refractivity contribution in [2.75, 3.05) is 13.7 Å². The Labute approximate surface area is 127 Å². The molecule has 0 heterocycles.